The molecule has 0 saturated carbocycles. The van der Waals surface area contributed by atoms with Crippen LogP contribution in [0.25, 0.3) is 6.08 Å². The summed E-state index contributed by atoms with van der Waals surface area (Å²) < 4.78 is 46.4. The fourth-order valence-electron chi connectivity index (χ4n) is 4.73. The number of para-hydroxylation sites is 1. The Morgan fingerprint density at radius 3 is 2.40 bits per heavy atom. The number of hydrogen-bond donors (Lipinski definition) is 1. The number of benzene rings is 2. The first-order chi connectivity index (χ1) is 19.9. The lowest BCUT2D eigenvalue weighted by atomic mass is 9.92. The zero-order valence-corrected chi connectivity index (χ0v) is 26.0. The highest BCUT2D eigenvalue weighted by Crippen LogP contribution is 2.37. The number of unbranched alkanes of at least 4 members (excludes halogenated alkanes) is 1. The van der Waals surface area contributed by atoms with Gasteiger partial charge in [0, 0.05) is 19.5 Å². The van der Waals surface area contributed by atoms with Crippen molar-refractivity contribution in [1.29, 1.82) is 0 Å². The summed E-state index contributed by atoms with van der Waals surface area (Å²) in [6.07, 6.45) is 6.59. The Balaban J connectivity index is 1.61. The van der Waals surface area contributed by atoms with Gasteiger partial charge in [-0.1, -0.05) is 50.3 Å². The molecule has 0 radical (unpaired) electrons. The van der Waals surface area contributed by atoms with Crippen LogP contribution in [-0.4, -0.2) is 50.7 Å². The van der Waals surface area contributed by atoms with E-state index < -0.39 is 21.6 Å². The largest absolute Gasteiger partial charge is 0.491 e. The number of nitrogens with one attached hydrogen (secondary N) is 1. The number of nitrogens with zero attached hydrogens (tertiary/aromatic N) is 1. The molecule has 9 nitrogen and oxygen atoms in total. The van der Waals surface area contributed by atoms with Crippen LogP contribution in [0.15, 0.2) is 53.9 Å². The van der Waals surface area contributed by atoms with Crippen LogP contribution in [0.3, 0.4) is 0 Å². The van der Waals surface area contributed by atoms with Crippen molar-refractivity contribution in [3.8, 4) is 11.5 Å². The van der Waals surface area contributed by atoms with Crippen LogP contribution in [-0.2, 0) is 19.6 Å². The van der Waals surface area contributed by atoms with E-state index in [0.29, 0.717) is 37.6 Å². The van der Waals surface area contributed by atoms with E-state index in [2.05, 4.69) is 11.3 Å². The van der Waals surface area contributed by atoms with Crippen LogP contribution < -0.4 is 14.2 Å². The summed E-state index contributed by atoms with van der Waals surface area (Å²) in [6, 6.07) is 11.4. The number of carbonyl (C=O) groups excluding carboxylic acids is 2. The Labute approximate surface area is 250 Å². The van der Waals surface area contributed by atoms with E-state index in [1.165, 1.54) is 12.1 Å². The smallest absolute Gasteiger partial charge is 0.410 e. The molecule has 1 aliphatic heterocycles. The van der Waals surface area contributed by atoms with Gasteiger partial charge in [-0.25, -0.2) is 13.2 Å². The van der Waals surface area contributed by atoms with Gasteiger partial charge in [0.05, 0.1) is 11.5 Å². The molecule has 230 valence electrons. The van der Waals surface area contributed by atoms with Crippen molar-refractivity contribution in [2.45, 2.75) is 83.1 Å². The van der Waals surface area contributed by atoms with Crippen molar-refractivity contribution in [1.82, 2.24) is 4.90 Å². The average Bonchev–Trinajstić information content (AvgIpc) is 2.93. The number of likely N-dealkylation sites (tertiary alicyclic amines) is 1. The summed E-state index contributed by atoms with van der Waals surface area (Å²) in [5.41, 5.74) is 0.0282. The molecule has 42 heavy (non-hydrogen) atoms. The maximum Gasteiger partial charge on any atom is 0.410 e. The Hall–Kier alpha value is -3.53. The second-order valence-electron chi connectivity index (χ2n) is 11.5. The molecule has 0 atom stereocenters. The summed E-state index contributed by atoms with van der Waals surface area (Å²) in [7, 11) is -4.05. The molecule has 1 fully saturated rings. The number of hydrogen-bond acceptors (Lipinski definition) is 7. The molecule has 2 aromatic carbocycles. The Bertz CT molecular complexity index is 1330. The third-order valence-corrected chi connectivity index (χ3v) is 8.28. The number of rotatable bonds is 13. The summed E-state index contributed by atoms with van der Waals surface area (Å²) in [6.45, 7) is 12.9. The summed E-state index contributed by atoms with van der Waals surface area (Å²) in [4.78, 5) is 26.4. The van der Waals surface area contributed by atoms with Gasteiger partial charge in [0.15, 0.2) is 5.75 Å². The topological polar surface area (TPSA) is 111 Å². The lowest BCUT2D eigenvalue weighted by Crippen LogP contribution is -2.41. The Kier molecular flexibility index (Phi) is 11.8. The zero-order chi connectivity index (χ0) is 30.8. The van der Waals surface area contributed by atoms with Gasteiger partial charge < -0.3 is 19.1 Å². The Morgan fingerprint density at radius 1 is 1.05 bits per heavy atom. The van der Waals surface area contributed by atoms with E-state index in [-0.39, 0.29) is 34.6 Å². The lowest BCUT2D eigenvalue weighted by Gasteiger charge is -2.33. The van der Waals surface area contributed by atoms with Gasteiger partial charge in [0.1, 0.15) is 17.0 Å². The van der Waals surface area contributed by atoms with Gasteiger partial charge in [-0.15, -0.1) is 0 Å². The molecule has 1 saturated heterocycles. The lowest BCUT2D eigenvalue weighted by molar-refractivity contribution is -0.134. The molecule has 1 amide bonds. The number of amides is 1. The van der Waals surface area contributed by atoms with Gasteiger partial charge in [0.25, 0.3) is 10.0 Å². The van der Waals surface area contributed by atoms with Gasteiger partial charge >= 0.3 is 12.1 Å². The molecule has 3 rings (SSSR count). The molecule has 0 spiro atoms. The third kappa shape index (κ3) is 9.79. The normalized spacial score (nSPS) is 14.2. The number of esters is 1. The monoisotopic (exact) mass is 600 g/mol. The molecule has 1 heterocycles. The van der Waals surface area contributed by atoms with Crippen molar-refractivity contribution < 1.29 is 32.2 Å². The molecule has 0 aliphatic carbocycles. The predicted molar refractivity (Wildman–Crippen MR) is 164 cm³/mol. The minimum absolute atomic E-state index is 0.0540. The van der Waals surface area contributed by atoms with Crippen molar-refractivity contribution >= 4 is 33.8 Å². The minimum Gasteiger partial charge on any atom is -0.491 e. The van der Waals surface area contributed by atoms with Crippen molar-refractivity contribution in [2.24, 2.45) is 5.92 Å². The van der Waals surface area contributed by atoms with Crippen LogP contribution in [0.5, 0.6) is 11.5 Å². The maximum absolute atomic E-state index is 13.4. The number of sulfonamides is 1. The molecule has 1 aliphatic rings. The van der Waals surface area contributed by atoms with Crippen molar-refractivity contribution in [3.63, 3.8) is 0 Å². The quantitative estimate of drug-likeness (QED) is 0.149. The minimum atomic E-state index is -4.05. The first-order valence-electron chi connectivity index (χ1n) is 14.6. The number of piperidine rings is 1. The fourth-order valence-corrected chi connectivity index (χ4v) is 6.03. The van der Waals surface area contributed by atoms with Crippen molar-refractivity contribution in [2.75, 3.05) is 24.4 Å². The van der Waals surface area contributed by atoms with Gasteiger partial charge in [-0.2, -0.15) is 0 Å². The van der Waals surface area contributed by atoms with Crippen LogP contribution >= 0.6 is 0 Å². The number of anilines is 1. The molecule has 10 heteroatoms. The van der Waals surface area contributed by atoms with E-state index >= 15 is 0 Å². The molecule has 0 bridgehead atoms. The van der Waals surface area contributed by atoms with Gasteiger partial charge in [-0.3, -0.25) is 9.52 Å². The number of carbonyl (C=O) groups is 2. The molecule has 0 aromatic heterocycles. The highest BCUT2D eigenvalue weighted by molar-refractivity contribution is 7.92. The zero-order valence-electron chi connectivity index (χ0n) is 25.2. The van der Waals surface area contributed by atoms with E-state index in [4.69, 9.17) is 14.2 Å². The summed E-state index contributed by atoms with van der Waals surface area (Å²) in [5, 5.41) is 0. The highest BCUT2D eigenvalue weighted by Gasteiger charge is 2.27. The van der Waals surface area contributed by atoms with E-state index in [1.54, 1.807) is 41.3 Å². The SMILES string of the molecule is C=Cc1ccccc1S(=O)(=O)Nc1c(OCCCCC2CCN(C(=O)OC(C)(C)C)CC2)cccc1OC(=O)CCC. The standard InChI is InChI=1S/C32H44N2O7S/c1-6-13-29(35)40-27-17-12-16-26(30(27)33-42(37,38)28-18-9-8-15-25(28)7-2)39-23-11-10-14-24-19-21-34(22-20-24)31(36)41-32(3,4)5/h7-9,12,15-18,24,33H,2,6,10-11,13-14,19-23H2,1,3-5H3. The maximum atomic E-state index is 13.4. The van der Waals surface area contributed by atoms with E-state index in [0.717, 1.165) is 32.1 Å². The van der Waals surface area contributed by atoms with Gasteiger partial charge in [-0.05, 0) is 82.6 Å². The molecule has 0 unspecified atom stereocenters. The summed E-state index contributed by atoms with van der Waals surface area (Å²) in [5.74, 6) is 0.432. The summed E-state index contributed by atoms with van der Waals surface area (Å²) >= 11 is 0. The molecule has 2 aromatic rings. The van der Waals surface area contributed by atoms with Gasteiger partial charge in [0.2, 0.25) is 0 Å². The van der Waals surface area contributed by atoms with Crippen molar-refractivity contribution in [3.05, 3.63) is 54.6 Å². The van der Waals surface area contributed by atoms with E-state index in [1.807, 2.05) is 27.7 Å². The third-order valence-electron chi connectivity index (χ3n) is 6.86. The number of ether oxygens (including phenoxy) is 3. The molecule has 1 N–H and O–H groups in total. The fraction of sp³-hybridized carbons (Fsp3) is 0.500. The predicted octanol–water partition coefficient (Wildman–Crippen LogP) is 7.03. The first-order valence-corrected chi connectivity index (χ1v) is 16.1. The average molecular weight is 601 g/mol. The Morgan fingerprint density at radius 2 is 1.74 bits per heavy atom. The molecular weight excluding hydrogens is 556 g/mol. The van der Waals surface area contributed by atoms with Crippen LogP contribution in [0.1, 0.15) is 78.2 Å². The highest BCUT2D eigenvalue weighted by atomic mass is 32.2. The second kappa shape index (κ2) is 15.1. The van der Waals surface area contributed by atoms with Crippen LogP contribution in [0, 0.1) is 5.92 Å². The molecular formula is C32H44N2O7S. The van der Waals surface area contributed by atoms with Crippen LogP contribution in [0.2, 0.25) is 0 Å². The van der Waals surface area contributed by atoms with E-state index in [9.17, 15) is 18.0 Å². The first kappa shape index (κ1) is 33.0. The second-order valence-corrected chi connectivity index (χ2v) is 13.1. The van der Waals surface area contributed by atoms with Crippen LogP contribution in [0.4, 0.5) is 10.5 Å².